The van der Waals surface area contributed by atoms with Crippen molar-refractivity contribution in [3.8, 4) is 5.75 Å². The number of carbonyl (C=O) groups is 1. The number of ether oxygens (including phenoxy) is 2. The summed E-state index contributed by atoms with van der Waals surface area (Å²) in [6.07, 6.45) is 0. The van der Waals surface area contributed by atoms with Gasteiger partial charge in [-0.15, -0.1) is 0 Å². The van der Waals surface area contributed by atoms with Gasteiger partial charge in [-0.1, -0.05) is 26.0 Å². The van der Waals surface area contributed by atoms with Gasteiger partial charge in [0.05, 0.1) is 13.7 Å². The quantitative estimate of drug-likeness (QED) is 0.808. The lowest BCUT2D eigenvalue weighted by Crippen LogP contribution is -2.13. The number of hydrogen-bond acceptors (Lipinski definition) is 3. The number of rotatable bonds is 7. The van der Waals surface area contributed by atoms with Crippen LogP contribution in [0.15, 0.2) is 42.5 Å². The summed E-state index contributed by atoms with van der Waals surface area (Å²) >= 11 is 0. The molecule has 0 atom stereocenters. The second-order valence-electron chi connectivity index (χ2n) is 5.90. The highest BCUT2D eigenvalue weighted by Gasteiger charge is 2.11. The third-order valence-corrected chi connectivity index (χ3v) is 3.82. The van der Waals surface area contributed by atoms with Crippen LogP contribution in [0.3, 0.4) is 0 Å². The highest BCUT2D eigenvalue weighted by molar-refractivity contribution is 6.04. The van der Waals surface area contributed by atoms with Crippen LogP contribution >= 0.6 is 0 Å². The van der Waals surface area contributed by atoms with E-state index in [1.165, 1.54) is 5.56 Å². The van der Waals surface area contributed by atoms with Crippen molar-refractivity contribution in [3.05, 3.63) is 59.2 Å². The zero-order valence-electron chi connectivity index (χ0n) is 14.8. The molecule has 1 N–H and O–H groups in total. The first-order valence-electron chi connectivity index (χ1n) is 8.21. The van der Waals surface area contributed by atoms with Crippen LogP contribution in [0.1, 0.15) is 48.2 Å². The molecule has 0 radical (unpaired) electrons. The van der Waals surface area contributed by atoms with Gasteiger partial charge in [-0.2, -0.15) is 0 Å². The molecular weight excluding hydrogens is 302 g/mol. The molecule has 1 amide bonds. The molecule has 0 heterocycles. The number of methoxy groups -OCH3 is 1. The SMILES string of the molecule is CCOCc1cc(C(=O)Nc2cccc(C(C)C)c2)ccc1OC. The number of carbonyl (C=O) groups excluding carboxylic acids is 1. The van der Waals surface area contributed by atoms with E-state index < -0.39 is 0 Å². The predicted octanol–water partition coefficient (Wildman–Crippen LogP) is 4.61. The van der Waals surface area contributed by atoms with Gasteiger partial charge in [0, 0.05) is 23.4 Å². The van der Waals surface area contributed by atoms with Crippen LogP contribution in [0.2, 0.25) is 0 Å². The second kappa shape index (κ2) is 8.50. The lowest BCUT2D eigenvalue weighted by Gasteiger charge is -2.12. The highest BCUT2D eigenvalue weighted by Crippen LogP contribution is 2.23. The highest BCUT2D eigenvalue weighted by atomic mass is 16.5. The third kappa shape index (κ3) is 4.59. The molecule has 4 nitrogen and oxygen atoms in total. The van der Waals surface area contributed by atoms with Crippen LogP contribution in [-0.2, 0) is 11.3 Å². The Balaban J connectivity index is 2.18. The molecule has 0 aromatic heterocycles. The number of anilines is 1. The average Bonchev–Trinajstić information content (AvgIpc) is 2.59. The van der Waals surface area contributed by atoms with E-state index in [1.54, 1.807) is 19.2 Å². The van der Waals surface area contributed by atoms with Gasteiger partial charge >= 0.3 is 0 Å². The third-order valence-electron chi connectivity index (χ3n) is 3.82. The second-order valence-corrected chi connectivity index (χ2v) is 5.90. The minimum Gasteiger partial charge on any atom is -0.496 e. The Morgan fingerprint density at radius 3 is 2.62 bits per heavy atom. The molecule has 0 saturated carbocycles. The first-order chi connectivity index (χ1) is 11.5. The fourth-order valence-electron chi connectivity index (χ4n) is 2.42. The van der Waals surface area contributed by atoms with E-state index in [1.807, 2.05) is 31.2 Å². The van der Waals surface area contributed by atoms with Crippen molar-refractivity contribution in [3.63, 3.8) is 0 Å². The Morgan fingerprint density at radius 2 is 1.96 bits per heavy atom. The van der Waals surface area contributed by atoms with E-state index in [2.05, 4.69) is 25.2 Å². The number of nitrogens with one attached hydrogen (secondary N) is 1. The van der Waals surface area contributed by atoms with Crippen molar-refractivity contribution in [2.75, 3.05) is 19.0 Å². The first-order valence-corrected chi connectivity index (χ1v) is 8.21. The minimum absolute atomic E-state index is 0.142. The van der Waals surface area contributed by atoms with E-state index in [0.717, 1.165) is 17.0 Å². The van der Waals surface area contributed by atoms with Gasteiger partial charge in [0.15, 0.2) is 0 Å². The molecule has 128 valence electrons. The number of benzene rings is 2. The van der Waals surface area contributed by atoms with Gasteiger partial charge in [0.1, 0.15) is 5.75 Å². The molecule has 0 aliphatic heterocycles. The number of hydrogen-bond donors (Lipinski definition) is 1. The van der Waals surface area contributed by atoms with Crippen molar-refractivity contribution in [1.82, 2.24) is 0 Å². The van der Waals surface area contributed by atoms with Gasteiger partial charge in [-0.05, 0) is 48.7 Å². The smallest absolute Gasteiger partial charge is 0.255 e. The van der Waals surface area contributed by atoms with Crippen molar-refractivity contribution in [2.24, 2.45) is 0 Å². The molecule has 0 bridgehead atoms. The van der Waals surface area contributed by atoms with Crippen molar-refractivity contribution in [1.29, 1.82) is 0 Å². The Bertz CT molecular complexity index is 695. The topological polar surface area (TPSA) is 47.6 Å². The Hall–Kier alpha value is -2.33. The van der Waals surface area contributed by atoms with Gasteiger partial charge < -0.3 is 14.8 Å². The van der Waals surface area contributed by atoms with Crippen LogP contribution in [0.5, 0.6) is 5.75 Å². The first kappa shape index (κ1) is 18.0. The summed E-state index contributed by atoms with van der Waals surface area (Å²) in [5.41, 5.74) is 3.44. The van der Waals surface area contributed by atoms with E-state index >= 15 is 0 Å². The van der Waals surface area contributed by atoms with Crippen molar-refractivity contribution < 1.29 is 14.3 Å². The van der Waals surface area contributed by atoms with Crippen LogP contribution in [-0.4, -0.2) is 19.6 Å². The van der Waals surface area contributed by atoms with Gasteiger partial charge in [0.2, 0.25) is 0 Å². The Kier molecular flexibility index (Phi) is 6.38. The molecule has 2 aromatic rings. The lowest BCUT2D eigenvalue weighted by molar-refractivity contribution is 0.102. The maximum Gasteiger partial charge on any atom is 0.255 e. The number of amides is 1. The van der Waals surface area contributed by atoms with E-state index in [9.17, 15) is 4.79 Å². The summed E-state index contributed by atoms with van der Waals surface area (Å²) in [4.78, 5) is 12.5. The summed E-state index contributed by atoms with van der Waals surface area (Å²) in [7, 11) is 1.61. The molecule has 2 rings (SSSR count). The largest absolute Gasteiger partial charge is 0.496 e. The normalized spacial score (nSPS) is 10.7. The summed E-state index contributed by atoms with van der Waals surface area (Å²) in [5.74, 6) is 0.999. The summed E-state index contributed by atoms with van der Waals surface area (Å²) in [5, 5.41) is 2.95. The summed E-state index contributed by atoms with van der Waals surface area (Å²) in [6.45, 7) is 7.23. The van der Waals surface area contributed by atoms with Gasteiger partial charge in [-0.25, -0.2) is 0 Å². The van der Waals surface area contributed by atoms with Crippen LogP contribution in [0.4, 0.5) is 5.69 Å². The molecule has 0 unspecified atom stereocenters. The van der Waals surface area contributed by atoms with Crippen molar-refractivity contribution in [2.45, 2.75) is 33.3 Å². The maximum atomic E-state index is 12.5. The van der Waals surface area contributed by atoms with Crippen LogP contribution < -0.4 is 10.1 Å². The zero-order chi connectivity index (χ0) is 17.5. The fourth-order valence-corrected chi connectivity index (χ4v) is 2.42. The lowest BCUT2D eigenvalue weighted by atomic mass is 10.0. The summed E-state index contributed by atoms with van der Waals surface area (Å²) < 4.78 is 10.8. The molecule has 0 aliphatic rings. The molecule has 4 heteroatoms. The zero-order valence-corrected chi connectivity index (χ0v) is 14.8. The maximum absolute atomic E-state index is 12.5. The standard InChI is InChI=1S/C20H25NO3/c1-5-24-13-17-11-16(9-10-19(17)23-4)20(22)21-18-8-6-7-15(12-18)14(2)3/h6-12,14H,5,13H2,1-4H3,(H,21,22). The van der Waals surface area contributed by atoms with Crippen molar-refractivity contribution >= 4 is 11.6 Å². The van der Waals surface area contributed by atoms with E-state index in [0.29, 0.717) is 24.7 Å². The van der Waals surface area contributed by atoms with E-state index in [-0.39, 0.29) is 5.91 Å². The summed E-state index contributed by atoms with van der Waals surface area (Å²) in [6, 6.07) is 13.3. The molecule has 24 heavy (non-hydrogen) atoms. The Labute approximate surface area is 143 Å². The molecule has 0 fully saturated rings. The molecule has 0 aliphatic carbocycles. The predicted molar refractivity (Wildman–Crippen MR) is 96.8 cm³/mol. The molecule has 0 spiro atoms. The van der Waals surface area contributed by atoms with Crippen LogP contribution in [0, 0.1) is 0 Å². The Morgan fingerprint density at radius 1 is 1.17 bits per heavy atom. The minimum atomic E-state index is -0.142. The molecule has 2 aromatic carbocycles. The molecular formula is C20H25NO3. The van der Waals surface area contributed by atoms with Gasteiger partial charge in [-0.3, -0.25) is 4.79 Å². The van der Waals surface area contributed by atoms with E-state index in [4.69, 9.17) is 9.47 Å². The fraction of sp³-hybridized carbons (Fsp3) is 0.350. The average molecular weight is 327 g/mol. The van der Waals surface area contributed by atoms with Crippen LogP contribution in [0.25, 0.3) is 0 Å². The monoisotopic (exact) mass is 327 g/mol. The van der Waals surface area contributed by atoms with Gasteiger partial charge in [0.25, 0.3) is 5.91 Å². The molecule has 0 saturated heterocycles.